The Hall–Kier alpha value is -0.240. The van der Waals surface area contributed by atoms with Gasteiger partial charge in [-0.2, -0.15) is 0 Å². The van der Waals surface area contributed by atoms with E-state index in [1.807, 2.05) is 0 Å². The first-order valence-corrected chi connectivity index (χ1v) is 4.55. The third-order valence-electron chi connectivity index (χ3n) is 2.07. The molecule has 2 nitrogen and oxygen atoms in total. The highest BCUT2D eigenvalue weighted by molar-refractivity contribution is 6.21. The van der Waals surface area contributed by atoms with Crippen LogP contribution in [0, 0.1) is 0 Å². The molecule has 11 heavy (non-hydrogen) atoms. The minimum atomic E-state index is 0.0301. The predicted molar refractivity (Wildman–Crippen MR) is 45.7 cm³/mol. The number of nitrogens with one attached hydrogen (secondary N) is 1. The summed E-state index contributed by atoms with van der Waals surface area (Å²) in [6.45, 7) is 1.54. The van der Waals surface area contributed by atoms with Gasteiger partial charge in [-0.1, -0.05) is 12.8 Å². The van der Waals surface area contributed by atoms with Crippen LogP contribution in [0.2, 0.25) is 0 Å². The molecule has 0 saturated heterocycles. The van der Waals surface area contributed by atoms with Gasteiger partial charge < -0.3 is 5.32 Å². The largest absolute Gasteiger partial charge is 0.352 e. The Kier molecular flexibility index (Phi) is 3.18. The highest BCUT2D eigenvalue weighted by Gasteiger charge is 2.23. The number of hydrogen-bond donors (Lipinski definition) is 1. The first-order valence-electron chi connectivity index (χ1n) is 4.11. The van der Waals surface area contributed by atoms with Gasteiger partial charge in [0.2, 0.25) is 5.91 Å². The van der Waals surface area contributed by atoms with E-state index >= 15 is 0 Å². The van der Waals surface area contributed by atoms with E-state index in [-0.39, 0.29) is 17.3 Å². The Bertz CT molecular complexity index is 149. The molecular formula is C8H14ClNO. The molecule has 0 heterocycles. The monoisotopic (exact) mass is 175 g/mol. The van der Waals surface area contributed by atoms with E-state index in [1.54, 1.807) is 0 Å². The Morgan fingerprint density at radius 2 is 2.09 bits per heavy atom. The quantitative estimate of drug-likeness (QED) is 0.604. The normalized spacial score (nSPS) is 31.5. The number of amides is 1. The first-order chi connectivity index (χ1) is 5.20. The van der Waals surface area contributed by atoms with E-state index in [4.69, 9.17) is 11.6 Å². The van der Waals surface area contributed by atoms with Crippen molar-refractivity contribution in [2.24, 2.45) is 0 Å². The van der Waals surface area contributed by atoms with E-state index in [0.29, 0.717) is 0 Å². The number of alkyl halides is 1. The first kappa shape index (κ1) is 8.85. The van der Waals surface area contributed by atoms with E-state index < -0.39 is 0 Å². The van der Waals surface area contributed by atoms with Gasteiger partial charge in [-0.25, -0.2) is 0 Å². The molecule has 1 fully saturated rings. The van der Waals surface area contributed by atoms with Crippen LogP contribution in [0.4, 0.5) is 0 Å². The molecule has 0 radical (unpaired) electrons. The second kappa shape index (κ2) is 3.96. The zero-order chi connectivity index (χ0) is 8.27. The van der Waals surface area contributed by atoms with Crippen molar-refractivity contribution in [3.63, 3.8) is 0 Å². The molecule has 1 rings (SSSR count). The van der Waals surface area contributed by atoms with Gasteiger partial charge in [0.25, 0.3) is 0 Å². The molecule has 3 heteroatoms. The SMILES string of the molecule is CC(=O)N[C@H]1CCCC[C@@H]1Cl. The molecule has 0 aromatic carbocycles. The summed E-state index contributed by atoms with van der Waals surface area (Å²) >= 11 is 6.01. The summed E-state index contributed by atoms with van der Waals surface area (Å²) in [5, 5.41) is 3.01. The molecule has 1 amide bonds. The summed E-state index contributed by atoms with van der Waals surface area (Å²) in [5.41, 5.74) is 0. The van der Waals surface area contributed by atoms with Crippen LogP contribution in [0.3, 0.4) is 0 Å². The van der Waals surface area contributed by atoms with Crippen molar-refractivity contribution < 1.29 is 4.79 Å². The molecule has 1 aliphatic carbocycles. The molecule has 0 aromatic heterocycles. The van der Waals surface area contributed by atoms with Crippen molar-refractivity contribution in [2.45, 2.75) is 44.0 Å². The van der Waals surface area contributed by atoms with Crippen molar-refractivity contribution in [1.82, 2.24) is 5.32 Å². The Labute approximate surface area is 72.3 Å². The fourth-order valence-corrected chi connectivity index (χ4v) is 1.85. The molecule has 1 saturated carbocycles. The van der Waals surface area contributed by atoms with E-state index in [9.17, 15) is 4.79 Å². The van der Waals surface area contributed by atoms with Gasteiger partial charge in [0.05, 0.1) is 5.38 Å². The minimum absolute atomic E-state index is 0.0301. The topological polar surface area (TPSA) is 29.1 Å². The number of rotatable bonds is 1. The minimum Gasteiger partial charge on any atom is -0.352 e. The second-order valence-electron chi connectivity index (χ2n) is 3.11. The van der Waals surface area contributed by atoms with E-state index in [1.165, 1.54) is 19.8 Å². The summed E-state index contributed by atoms with van der Waals surface area (Å²) in [5.74, 6) is 0.0301. The van der Waals surface area contributed by atoms with Crippen molar-refractivity contribution in [1.29, 1.82) is 0 Å². The van der Waals surface area contributed by atoms with Crippen LogP contribution in [0.1, 0.15) is 32.6 Å². The van der Waals surface area contributed by atoms with Crippen LogP contribution < -0.4 is 5.32 Å². The van der Waals surface area contributed by atoms with Crippen molar-refractivity contribution >= 4 is 17.5 Å². The number of halogens is 1. The second-order valence-corrected chi connectivity index (χ2v) is 3.67. The zero-order valence-electron chi connectivity index (χ0n) is 6.77. The third-order valence-corrected chi connectivity index (χ3v) is 2.59. The smallest absolute Gasteiger partial charge is 0.217 e. The van der Waals surface area contributed by atoms with Crippen LogP contribution in [-0.2, 0) is 4.79 Å². The lowest BCUT2D eigenvalue weighted by molar-refractivity contribution is -0.119. The molecule has 1 aliphatic rings. The van der Waals surface area contributed by atoms with Crippen molar-refractivity contribution in [3.8, 4) is 0 Å². The average Bonchev–Trinajstić information content (AvgIpc) is 1.93. The van der Waals surface area contributed by atoms with Gasteiger partial charge in [0.1, 0.15) is 0 Å². The summed E-state index contributed by atoms with van der Waals surface area (Å²) in [7, 11) is 0. The predicted octanol–water partition coefficient (Wildman–Crippen LogP) is 1.67. The fraction of sp³-hybridized carbons (Fsp3) is 0.875. The molecular weight excluding hydrogens is 162 g/mol. The maximum Gasteiger partial charge on any atom is 0.217 e. The maximum atomic E-state index is 10.7. The van der Waals surface area contributed by atoms with Gasteiger partial charge in [-0.05, 0) is 12.8 Å². The highest BCUT2D eigenvalue weighted by Crippen LogP contribution is 2.22. The van der Waals surface area contributed by atoms with E-state index in [2.05, 4.69) is 5.32 Å². The Morgan fingerprint density at radius 1 is 1.45 bits per heavy atom. The van der Waals surface area contributed by atoms with Gasteiger partial charge in [0, 0.05) is 13.0 Å². The summed E-state index contributed by atoms with van der Waals surface area (Å²) in [6, 6.07) is 0.211. The highest BCUT2D eigenvalue weighted by atomic mass is 35.5. The number of carbonyl (C=O) groups excluding carboxylic acids is 1. The molecule has 0 aromatic rings. The Balaban J connectivity index is 2.35. The van der Waals surface area contributed by atoms with Gasteiger partial charge in [0.15, 0.2) is 0 Å². The lowest BCUT2D eigenvalue weighted by Gasteiger charge is -2.27. The molecule has 64 valence electrons. The molecule has 0 aliphatic heterocycles. The van der Waals surface area contributed by atoms with Crippen LogP contribution in [-0.4, -0.2) is 17.3 Å². The molecule has 0 unspecified atom stereocenters. The van der Waals surface area contributed by atoms with Crippen LogP contribution in [0.5, 0.6) is 0 Å². The maximum absolute atomic E-state index is 10.7. The standard InChI is InChI=1S/C8H14ClNO/c1-6(11)10-8-5-3-2-4-7(8)9/h7-8H,2-5H2,1H3,(H,10,11)/t7-,8-/m0/s1. The average molecular weight is 176 g/mol. The summed E-state index contributed by atoms with van der Waals surface area (Å²) < 4.78 is 0. The summed E-state index contributed by atoms with van der Waals surface area (Å²) in [6.07, 6.45) is 4.46. The van der Waals surface area contributed by atoms with Crippen LogP contribution >= 0.6 is 11.6 Å². The van der Waals surface area contributed by atoms with Crippen molar-refractivity contribution in [3.05, 3.63) is 0 Å². The van der Waals surface area contributed by atoms with Crippen molar-refractivity contribution in [2.75, 3.05) is 0 Å². The third kappa shape index (κ3) is 2.70. The van der Waals surface area contributed by atoms with Crippen LogP contribution in [0.15, 0.2) is 0 Å². The molecule has 1 N–H and O–H groups in total. The van der Waals surface area contributed by atoms with Crippen LogP contribution in [0.25, 0.3) is 0 Å². The lowest BCUT2D eigenvalue weighted by Crippen LogP contribution is -2.41. The lowest BCUT2D eigenvalue weighted by atomic mass is 9.95. The fourth-order valence-electron chi connectivity index (χ4n) is 1.51. The Morgan fingerprint density at radius 3 is 2.64 bits per heavy atom. The summed E-state index contributed by atoms with van der Waals surface area (Å²) in [4.78, 5) is 10.7. The molecule has 2 atom stereocenters. The van der Waals surface area contributed by atoms with Gasteiger partial charge in [-0.15, -0.1) is 11.6 Å². The molecule has 0 bridgehead atoms. The number of carbonyl (C=O) groups is 1. The van der Waals surface area contributed by atoms with E-state index in [0.717, 1.165) is 12.8 Å². The van der Waals surface area contributed by atoms with Gasteiger partial charge in [-0.3, -0.25) is 4.79 Å². The molecule has 0 spiro atoms. The van der Waals surface area contributed by atoms with Gasteiger partial charge >= 0.3 is 0 Å². The zero-order valence-corrected chi connectivity index (χ0v) is 7.53. The number of hydrogen-bond acceptors (Lipinski definition) is 1.